The fourth-order valence-corrected chi connectivity index (χ4v) is 1.13. The van der Waals surface area contributed by atoms with Crippen LogP contribution in [0, 0.1) is 13.8 Å². The maximum absolute atomic E-state index is 10.9. The summed E-state index contributed by atoms with van der Waals surface area (Å²) in [6.07, 6.45) is 0. The summed E-state index contributed by atoms with van der Waals surface area (Å²) >= 11 is 0. The summed E-state index contributed by atoms with van der Waals surface area (Å²) in [6, 6.07) is 2.90. The molecule has 2 aromatic rings. The molecule has 2 heterocycles. The topological polar surface area (TPSA) is 116 Å². The number of esters is 1. The minimum Gasteiger partial charge on any atom is -0.476 e. The largest absolute Gasteiger partial charge is 0.476 e. The monoisotopic (exact) mass is 282 g/mol. The predicted octanol–water partition coefficient (Wildman–Crippen LogP) is 1.84. The number of nitrogens with zero attached hydrogens (tertiary/aromatic N) is 2. The molecule has 2 rings (SSSR count). The van der Waals surface area contributed by atoms with Gasteiger partial charge in [0.15, 0.2) is 11.4 Å². The van der Waals surface area contributed by atoms with Crippen molar-refractivity contribution in [3.63, 3.8) is 0 Å². The summed E-state index contributed by atoms with van der Waals surface area (Å²) < 4.78 is 13.9. The van der Waals surface area contributed by atoms with E-state index in [2.05, 4.69) is 24.1 Å². The Balaban J connectivity index is 0.000000204. The molecule has 0 spiro atoms. The number of rotatable bonds is 3. The van der Waals surface area contributed by atoms with E-state index >= 15 is 0 Å². The van der Waals surface area contributed by atoms with E-state index in [1.165, 1.54) is 12.1 Å². The van der Waals surface area contributed by atoms with Crippen LogP contribution in [0.3, 0.4) is 0 Å². The van der Waals surface area contributed by atoms with Crippen LogP contribution in [0.1, 0.15) is 39.4 Å². The highest BCUT2D eigenvalue weighted by atomic mass is 16.5. The van der Waals surface area contributed by atoms with Gasteiger partial charge in [-0.05, 0) is 20.8 Å². The average Bonchev–Trinajstić information content (AvgIpc) is 2.99. The Morgan fingerprint density at radius 2 is 1.65 bits per heavy atom. The van der Waals surface area contributed by atoms with E-state index in [1.807, 2.05) is 0 Å². The number of hydrogen-bond acceptors (Lipinski definition) is 7. The summed E-state index contributed by atoms with van der Waals surface area (Å²) in [6.45, 7) is 5.45. The molecule has 0 saturated carbocycles. The van der Waals surface area contributed by atoms with Crippen molar-refractivity contribution in [1.82, 2.24) is 10.3 Å². The highest BCUT2D eigenvalue weighted by Gasteiger charge is 2.10. The molecule has 0 aliphatic carbocycles. The molecule has 0 aliphatic rings. The van der Waals surface area contributed by atoms with Crippen molar-refractivity contribution in [2.24, 2.45) is 0 Å². The van der Waals surface area contributed by atoms with E-state index in [0.717, 1.165) is 0 Å². The van der Waals surface area contributed by atoms with Crippen LogP contribution in [0.15, 0.2) is 21.2 Å². The molecule has 0 radical (unpaired) electrons. The molecule has 8 nitrogen and oxygen atoms in total. The molecular weight excluding hydrogens is 268 g/mol. The van der Waals surface area contributed by atoms with E-state index in [0.29, 0.717) is 18.1 Å². The third kappa shape index (κ3) is 4.56. The number of carboxylic acids is 1. The van der Waals surface area contributed by atoms with Gasteiger partial charge in [0.1, 0.15) is 11.5 Å². The van der Waals surface area contributed by atoms with Gasteiger partial charge in [-0.1, -0.05) is 10.3 Å². The first-order valence-electron chi connectivity index (χ1n) is 5.71. The first-order chi connectivity index (χ1) is 9.43. The minimum atomic E-state index is -1.06. The minimum absolute atomic E-state index is 0.0486. The lowest BCUT2D eigenvalue weighted by Crippen LogP contribution is -2.04. The fraction of sp³-hybridized carbons (Fsp3) is 0.333. The van der Waals surface area contributed by atoms with Gasteiger partial charge in [0.05, 0.1) is 6.61 Å². The quantitative estimate of drug-likeness (QED) is 0.847. The molecule has 0 amide bonds. The van der Waals surface area contributed by atoms with Crippen LogP contribution in [-0.4, -0.2) is 34.0 Å². The Bertz CT molecular complexity index is 586. The molecule has 0 fully saturated rings. The first-order valence-corrected chi connectivity index (χ1v) is 5.71. The van der Waals surface area contributed by atoms with Gasteiger partial charge in [-0.15, -0.1) is 0 Å². The highest BCUT2D eigenvalue weighted by Crippen LogP contribution is 2.02. The van der Waals surface area contributed by atoms with Crippen LogP contribution in [0.25, 0.3) is 0 Å². The number of aromatic carboxylic acids is 1. The molecule has 0 aliphatic heterocycles. The van der Waals surface area contributed by atoms with Crippen LogP contribution < -0.4 is 0 Å². The van der Waals surface area contributed by atoms with Crippen molar-refractivity contribution in [2.75, 3.05) is 6.61 Å². The van der Waals surface area contributed by atoms with E-state index in [-0.39, 0.29) is 11.4 Å². The van der Waals surface area contributed by atoms with Gasteiger partial charge in [0.25, 0.3) is 0 Å². The first kappa shape index (κ1) is 15.4. The van der Waals surface area contributed by atoms with Crippen molar-refractivity contribution in [3.8, 4) is 0 Å². The Kier molecular flexibility index (Phi) is 5.45. The van der Waals surface area contributed by atoms with Crippen molar-refractivity contribution in [1.29, 1.82) is 0 Å². The molecule has 0 saturated heterocycles. The maximum Gasteiger partial charge on any atom is 0.360 e. The van der Waals surface area contributed by atoms with Crippen molar-refractivity contribution in [2.45, 2.75) is 20.8 Å². The average molecular weight is 282 g/mol. The van der Waals surface area contributed by atoms with Gasteiger partial charge >= 0.3 is 11.9 Å². The Labute approximate surface area is 114 Å². The lowest BCUT2D eigenvalue weighted by atomic mass is 10.4. The van der Waals surface area contributed by atoms with Crippen molar-refractivity contribution >= 4 is 11.9 Å². The number of aryl methyl sites for hydroxylation is 2. The zero-order chi connectivity index (χ0) is 15.1. The number of hydrogen-bond donors (Lipinski definition) is 1. The molecule has 0 aromatic carbocycles. The SMILES string of the molecule is CCOC(=O)c1cc(C)on1.Cc1cc(C(=O)O)no1. The lowest BCUT2D eigenvalue weighted by molar-refractivity contribution is 0.0514. The molecule has 1 N–H and O–H groups in total. The highest BCUT2D eigenvalue weighted by molar-refractivity contribution is 5.87. The molecule has 0 bridgehead atoms. The van der Waals surface area contributed by atoms with Crippen molar-refractivity contribution in [3.05, 3.63) is 35.0 Å². The van der Waals surface area contributed by atoms with Crippen molar-refractivity contribution < 1.29 is 28.5 Å². The number of carbonyl (C=O) groups is 2. The fourth-order valence-electron chi connectivity index (χ4n) is 1.13. The Morgan fingerprint density at radius 1 is 1.15 bits per heavy atom. The van der Waals surface area contributed by atoms with E-state index < -0.39 is 11.9 Å². The second-order valence-electron chi connectivity index (χ2n) is 3.67. The number of carboxylic acid groups (broad SMARTS) is 1. The van der Waals surface area contributed by atoms with Gasteiger partial charge in [0, 0.05) is 12.1 Å². The van der Waals surface area contributed by atoms with Crippen LogP contribution in [-0.2, 0) is 4.74 Å². The number of aromatic nitrogens is 2. The van der Waals surface area contributed by atoms with Gasteiger partial charge in [0.2, 0.25) is 0 Å². The molecule has 108 valence electrons. The van der Waals surface area contributed by atoms with E-state index in [1.54, 1.807) is 20.8 Å². The Hall–Kier alpha value is -2.64. The second kappa shape index (κ2) is 7.07. The van der Waals surface area contributed by atoms with Gasteiger partial charge in [-0.25, -0.2) is 9.59 Å². The van der Waals surface area contributed by atoms with Gasteiger partial charge < -0.3 is 18.9 Å². The summed E-state index contributed by atoms with van der Waals surface area (Å²) in [4.78, 5) is 21.0. The standard InChI is InChI=1S/C7H9NO3.C5H5NO3/c1-3-10-7(9)6-4-5(2)11-8-6;1-3-2-4(5(7)8)6-9-3/h4H,3H2,1-2H3;2H,1H3,(H,7,8). The predicted molar refractivity (Wildman–Crippen MR) is 65.4 cm³/mol. The Morgan fingerprint density at radius 3 is 1.95 bits per heavy atom. The van der Waals surface area contributed by atoms with Crippen LogP contribution in [0.2, 0.25) is 0 Å². The maximum atomic E-state index is 10.9. The van der Waals surface area contributed by atoms with Crippen LogP contribution >= 0.6 is 0 Å². The summed E-state index contributed by atoms with van der Waals surface area (Å²) in [7, 11) is 0. The van der Waals surface area contributed by atoms with Crippen LogP contribution in [0.4, 0.5) is 0 Å². The molecule has 20 heavy (non-hydrogen) atoms. The zero-order valence-corrected chi connectivity index (χ0v) is 11.2. The molecule has 0 atom stereocenters. The summed E-state index contributed by atoms with van der Waals surface area (Å²) in [5, 5.41) is 15.0. The molecular formula is C12H14N2O6. The molecule has 2 aromatic heterocycles. The molecule has 0 unspecified atom stereocenters. The normalized spacial score (nSPS) is 9.55. The lowest BCUT2D eigenvalue weighted by Gasteiger charge is -1.94. The van der Waals surface area contributed by atoms with Gasteiger partial charge in [-0.2, -0.15) is 0 Å². The number of ether oxygens (including phenoxy) is 1. The summed E-state index contributed by atoms with van der Waals surface area (Å²) in [5.41, 5.74) is 0.178. The van der Waals surface area contributed by atoms with E-state index in [9.17, 15) is 9.59 Å². The second-order valence-corrected chi connectivity index (χ2v) is 3.67. The third-order valence-electron chi connectivity index (χ3n) is 1.96. The van der Waals surface area contributed by atoms with Crippen LogP contribution in [0.5, 0.6) is 0 Å². The summed E-state index contributed by atoms with van der Waals surface area (Å²) in [5.74, 6) is -0.392. The number of carbonyl (C=O) groups excluding carboxylic acids is 1. The third-order valence-corrected chi connectivity index (χ3v) is 1.96. The zero-order valence-electron chi connectivity index (χ0n) is 11.2. The smallest absolute Gasteiger partial charge is 0.360 e. The molecule has 8 heteroatoms. The van der Waals surface area contributed by atoms with Gasteiger partial charge in [-0.3, -0.25) is 0 Å². The van der Waals surface area contributed by atoms with E-state index in [4.69, 9.17) is 5.11 Å².